The van der Waals surface area contributed by atoms with Crippen molar-refractivity contribution in [3.8, 4) is 0 Å². The van der Waals surface area contributed by atoms with Crippen molar-refractivity contribution in [1.29, 1.82) is 0 Å². The lowest BCUT2D eigenvalue weighted by molar-refractivity contribution is -0.0661. The van der Waals surface area contributed by atoms with E-state index in [2.05, 4.69) is 0 Å². The van der Waals surface area contributed by atoms with Gasteiger partial charge in [-0.05, 0) is 6.92 Å². The molecule has 1 aromatic rings. The second-order valence-electron chi connectivity index (χ2n) is 4.60. The molecule has 0 aliphatic carbocycles. The molecule has 4 atom stereocenters. The number of hydrogen-bond acceptors (Lipinski definition) is 5. The van der Waals surface area contributed by atoms with E-state index in [-0.39, 0.29) is 6.61 Å². The van der Waals surface area contributed by atoms with Gasteiger partial charge in [-0.1, -0.05) is 0 Å². The van der Waals surface area contributed by atoms with E-state index < -0.39 is 35.4 Å². The Hall–Kier alpha value is -1.51. The molecule has 8 heteroatoms. The number of aliphatic hydroxyl groups is 1. The molecule has 0 radical (unpaired) electrons. The number of ether oxygens (including phenoxy) is 2. The number of aromatic amines is 1. The Labute approximate surface area is 107 Å². The second kappa shape index (κ2) is 4.87. The van der Waals surface area contributed by atoms with Gasteiger partial charge in [-0.15, -0.1) is 0 Å². The summed E-state index contributed by atoms with van der Waals surface area (Å²) in [6.45, 7) is 1.13. The van der Waals surface area contributed by atoms with Crippen LogP contribution in [0.25, 0.3) is 0 Å². The van der Waals surface area contributed by atoms with Crippen LogP contribution in [0.2, 0.25) is 0 Å². The Morgan fingerprint density at radius 3 is 2.89 bits per heavy atom. The lowest BCUT2D eigenvalue weighted by atomic mass is 9.98. The van der Waals surface area contributed by atoms with E-state index >= 15 is 0 Å². The molecule has 7 nitrogen and oxygen atoms in total. The summed E-state index contributed by atoms with van der Waals surface area (Å²) in [5.41, 5.74) is -3.56. The minimum Gasteiger partial charge on any atom is -0.387 e. The van der Waals surface area contributed by atoms with Gasteiger partial charge < -0.3 is 14.6 Å². The number of rotatable bonds is 3. The molecule has 2 heterocycles. The van der Waals surface area contributed by atoms with Crippen LogP contribution in [0.1, 0.15) is 13.2 Å². The van der Waals surface area contributed by atoms with Crippen molar-refractivity contribution in [3.05, 3.63) is 33.1 Å². The van der Waals surface area contributed by atoms with Crippen molar-refractivity contribution in [3.63, 3.8) is 0 Å². The molecule has 1 aliphatic rings. The highest BCUT2D eigenvalue weighted by Crippen LogP contribution is 2.40. The van der Waals surface area contributed by atoms with Gasteiger partial charge in [0.05, 0.1) is 6.61 Å². The maximum Gasteiger partial charge on any atom is 0.330 e. The molecule has 0 saturated carbocycles. The molecule has 2 unspecified atom stereocenters. The molecule has 0 spiro atoms. The highest BCUT2D eigenvalue weighted by Gasteiger charge is 2.55. The van der Waals surface area contributed by atoms with Gasteiger partial charge >= 0.3 is 5.69 Å². The zero-order chi connectivity index (χ0) is 14.2. The van der Waals surface area contributed by atoms with Crippen LogP contribution >= 0.6 is 0 Å². The van der Waals surface area contributed by atoms with Crippen molar-refractivity contribution in [2.24, 2.45) is 0 Å². The van der Waals surface area contributed by atoms with Crippen LogP contribution in [0.4, 0.5) is 4.39 Å². The third-order valence-electron chi connectivity index (χ3n) is 3.15. The summed E-state index contributed by atoms with van der Waals surface area (Å²) in [5, 5.41) is 9.86. The highest BCUT2D eigenvalue weighted by atomic mass is 19.1. The van der Waals surface area contributed by atoms with Crippen LogP contribution in [0.3, 0.4) is 0 Å². The van der Waals surface area contributed by atoms with Crippen LogP contribution in [0, 0.1) is 0 Å². The van der Waals surface area contributed by atoms with Crippen molar-refractivity contribution in [1.82, 2.24) is 9.55 Å². The first-order chi connectivity index (χ1) is 8.87. The average molecular weight is 274 g/mol. The van der Waals surface area contributed by atoms with E-state index in [0.29, 0.717) is 0 Å². The topological polar surface area (TPSA) is 93.5 Å². The number of nitrogens with zero attached hydrogens (tertiary/aromatic N) is 1. The molecule has 0 amide bonds. The summed E-state index contributed by atoms with van der Waals surface area (Å²) in [6, 6.07) is 1.08. The smallest absolute Gasteiger partial charge is 0.330 e. The second-order valence-corrected chi connectivity index (χ2v) is 4.60. The minimum absolute atomic E-state index is 0.00468. The number of H-pyrrole nitrogens is 1. The number of halogens is 1. The SMILES string of the molecule is COCC1OC(n2ccc(=O)[nH]c2=O)[C@](C)(F)[C@@H]1O. The van der Waals surface area contributed by atoms with Crippen LogP contribution in [0.5, 0.6) is 0 Å². The average Bonchev–Trinajstić information content (AvgIpc) is 2.54. The van der Waals surface area contributed by atoms with E-state index in [4.69, 9.17) is 9.47 Å². The van der Waals surface area contributed by atoms with Gasteiger partial charge in [0, 0.05) is 19.4 Å². The molecule has 2 N–H and O–H groups in total. The third kappa shape index (κ3) is 2.34. The fourth-order valence-electron chi connectivity index (χ4n) is 2.13. The summed E-state index contributed by atoms with van der Waals surface area (Å²) in [5.74, 6) is 0. The molecular weight excluding hydrogens is 259 g/mol. The molecule has 0 bridgehead atoms. The van der Waals surface area contributed by atoms with Crippen molar-refractivity contribution >= 4 is 0 Å². The molecule has 106 valence electrons. The van der Waals surface area contributed by atoms with E-state index in [9.17, 15) is 19.1 Å². The molecular formula is C11H15FN2O5. The zero-order valence-corrected chi connectivity index (χ0v) is 10.5. The Morgan fingerprint density at radius 2 is 2.32 bits per heavy atom. The van der Waals surface area contributed by atoms with Gasteiger partial charge in [-0.3, -0.25) is 14.3 Å². The maximum absolute atomic E-state index is 14.5. The number of aromatic nitrogens is 2. The largest absolute Gasteiger partial charge is 0.387 e. The van der Waals surface area contributed by atoms with Gasteiger partial charge in [0.1, 0.15) is 12.2 Å². The van der Waals surface area contributed by atoms with E-state index in [0.717, 1.165) is 23.8 Å². The number of nitrogens with one attached hydrogen (secondary N) is 1. The van der Waals surface area contributed by atoms with Gasteiger partial charge in [-0.25, -0.2) is 9.18 Å². The Kier molecular flexibility index (Phi) is 3.57. The van der Waals surface area contributed by atoms with Crippen molar-refractivity contribution in [2.45, 2.75) is 31.0 Å². The van der Waals surface area contributed by atoms with E-state index in [1.54, 1.807) is 0 Å². The zero-order valence-electron chi connectivity index (χ0n) is 10.5. The van der Waals surface area contributed by atoms with Crippen LogP contribution in [0.15, 0.2) is 21.9 Å². The number of aliphatic hydroxyl groups excluding tert-OH is 1. The lowest BCUT2D eigenvalue weighted by Gasteiger charge is -2.24. The molecule has 19 heavy (non-hydrogen) atoms. The fourth-order valence-corrected chi connectivity index (χ4v) is 2.13. The minimum atomic E-state index is -2.18. The number of methoxy groups -OCH3 is 1. The van der Waals surface area contributed by atoms with Gasteiger partial charge in [-0.2, -0.15) is 0 Å². The Balaban J connectivity index is 2.39. The molecule has 0 aromatic carbocycles. The highest BCUT2D eigenvalue weighted by molar-refractivity contribution is 5.01. The van der Waals surface area contributed by atoms with Gasteiger partial charge in [0.2, 0.25) is 0 Å². The van der Waals surface area contributed by atoms with Crippen LogP contribution in [-0.4, -0.2) is 46.3 Å². The molecule has 1 saturated heterocycles. The summed E-state index contributed by atoms with van der Waals surface area (Å²) in [6.07, 6.45) is -2.52. The first kappa shape index (κ1) is 13.9. The predicted molar refractivity (Wildman–Crippen MR) is 62.6 cm³/mol. The van der Waals surface area contributed by atoms with Gasteiger partial charge in [0.15, 0.2) is 11.9 Å². The summed E-state index contributed by atoms with van der Waals surface area (Å²) in [7, 11) is 1.39. The van der Waals surface area contributed by atoms with Crippen molar-refractivity contribution < 1.29 is 19.0 Å². The monoisotopic (exact) mass is 274 g/mol. The molecule has 1 aliphatic heterocycles. The van der Waals surface area contributed by atoms with E-state index in [1.165, 1.54) is 7.11 Å². The molecule has 2 rings (SSSR count). The predicted octanol–water partition coefficient (Wildman–Crippen LogP) is -0.830. The fraction of sp³-hybridized carbons (Fsp3) is 0.636. The first-order valence-corrected chi connectivity index (χ1v) is 5.70. The number of hydrogen-bond donors (Lipinski definition) is 2. The normalized spacial score (nSPS) is 34.6. The standard InChI is InChI=1S/C11H15FN2O5/c1-11(12)8(16)6(5-18-2)19-9(11)14-4-3-7(15)13-10(14)17/h3-4,6,8-9,16H,5H2,1-2H3,(H,13,15,17)/t6?,8-,9?,11-/m1/s1. The Bertz CT molecular complexity index is 567. The summed E-state index contributed by atoms with van der Waals surface area (Å²) >= 11 is 0. The Morgan fingerprint density at radius 1 is 1.63 bits per heavy atom. The summed E-state index contributed by atoms with van der Waals surface area (Å²) in [4.78, 5) is 24.6. The van der Waals surface area contributed by atoms with Crippen LogP contribution < -0.4 is 11.2 Å². The quantitative estimate of drug-likeness (QED) is 0.750. The van der Waals surface area contributed by atoms with E-state index in [1.807, 2.05) is 4.98 Å². The molecule has 1 fully saturated rings. The third-order valence-corrected chi connectivity index (χ3v) is 3.15. The number of alkyl halides is 1. The van der Waals surface area contributed by atoms with Crippen molar-refractivity contribution in [2.75, 3.05) is 13.7 Å². The van der Waals surface area contributed by atoms with Crippen LogP contribution in [-0.2, 0) is 9.47 Å². The van der Waals surface area contributed by atoms with Gasteiger partial charge in [0.25, 0.3) is 5.56 Å². The summed E-state index contributed by atoms with van der Waals surface area (Å²) < 4.78 is 25.6. The lowest BCUT2D eigenvalue weighted by Crippen LogP contribution is -2.43. The first-order valence-electron chi connectivity index (χ1n) is 5.70. The maximum atomic E-state index is 14.5. The molecule has 1 aromatic heterocycles.